The number of carbonyl (C=O) groups is 1. The quantitative estimate of drug-likeness (QED) is 0.648. The van der Waals surface area contributed by atoms with Gasteiger partial charge in [-0.25, -0.2) is 4.79 Å². The number of aromatic nitrogens is 4. The normalized spacial score (nSPS) is 10.5. The lowest BCUT2D eigenvalue weighted by Gasteiger charge is -2.06. The van der Waals surface area contributed by atoms with Gasteiger partial charge < -0.3 is 9.84 Å². The number of pyridine rings is 2. The molecule has 0 aliphatic rings. The first-order valence-corrected chi connectivity index (χ1v) is 7.49. The third kappa shape index (κ3) is 3.95. The average Bonchev–Trinajstić information content (AvgIpc) is 3.14. The third-order valence-electron chi connectivity index (χ3n) is 3.42. The number of nitrogens with zero attached hydrogens (tertiary/aromatic N) is 3. The molecule has 122 valence electrons. The molecule has 7 nitrogen and oxygen atoms in total. The van der Waals surface area contributed by atoms with Crippen molar-refractivity contribution in [2.24, 2.45) is 0 Å². The number of carboxylic acids is 1. The van der Waals surface area contributed by atoms with Crippen LogP contribution in [0, 0.1) is 0 Å². The van der Waals surface area contributed by atoms with Crippen LogP contribution in [-0.2, 0) is 6.42 Å². The average molecular weight is 324 g/mol. The Bertz CT molecular complexity index is 801. The van der Waals surface area contributed by atoms with E-state index in [9.17, 15) is 4.79 Å². The summed E-state index contributed by atoms with van der Waals surface area (Å²) in [6, 6.07) is 8.63. The Labute approximate surface area is 138 Å². The van der Waals surface area contributed by atoms with Gasteiger partial charge in [0, 0.05) is 18.1 Å². The number of nitrogens with one attached hydrogen (secondary N) is 1. The molecule has 0 unspecified atom stereocenters. The molecule has 7 heteroatoms. The molecule has 0 fully saturated rings. The van der Waals surface area contributed by atoms with Gasteiger partial charge in [0.05, 0.1) is 29.8 Å². The Kier molecular flexibility index (Phi) is 4.81. The lowest BCUT2D eigenvalue weighted by atomic mass is 10.1. The molecule has 3 aromatic rings. The van der Waals surface area contributed by atoms with Crippen LogP contribution in [0.4, 0.5) is 0 Å². The van der Waals surface area contributed by atoms with E-state index in [-0.39, 0.29) is 5.56 Å². The number of rotatable bonds is 7. The van der Waals surface area contributed by atoms with Crippen molar-refractivity contribution in [2.45, 2.75) is 12.8 Å². The highest BCUT2D eigenvalue weighted by Gasteiger charge is 2.05. The van der Waals surface area contributed by atoms with Gasteiger partial charge in [0.15, 0.2) is 0 Å². The minimum atomic E-state index is -0.946. The molecule has 0 amide bonds. The van der Waals surface area contributed by atoms with Crippen molar-refractivity contribution in [3.05, 3.63) is 60.2 Å². The number of ether oxygens (including phenoxy) is 1. The standard InChI is InChI=1S/C17H16N4O3/c22-17(23)12-5-7-18-13(10-12)2-1-9-24-14-3-4-15(19-11-14)16-6-8-20-21-16/h3-8,10-11H,1-2,9H2,(H,20,21)(H,22,23). The number of aromatic amines is 1. The first-order chi connectivity index (χ1) is 11.7. The molecule has 0 aliphatic carbocycles. The highest BCUT2D eigenvalue weighted by molar-refractivity contribution is 5.87. The molecule has 0 radical (unpaired) electrons. The van der Waals surface area contributed by atoms with Gasteiger partial charge >= 0.3 is 5.97 Å². The molecule has 3 rings (SSSR count). The van der Waals surface area contributed by atoms with Crippen LogP contribution >= 0.6 is 0 Å². The molecule has 24 heavy (non-hydrogen) atoms. The summed E-state index contributed by atoms with van der Waals surface area (Å²) in [4.78, 5) is 19.4. The zero-order valence-electron chi connectivity index (χ0n) is 12.8. The molecule has 0 atom stereocenters. The van der Waals surface area contributed by atoms with Gasteiger partial charge in [0.25, 0.3) is 0 Å². The number of H-pyrrole nitrogens is 1. The number of carboxylic acid groups (broad SMARTS) is 1. The maximum absolute atomic E-state index is 10.9. The van der Waals surface area contributed by atoms with Crippen molar-refractivity contribution in [1.82, 2.24) is 20.2 Å². The topological polar surface area (TPSA) is 101 Å². The summed E-state index contributed by atoms with van der Waals surface area (Å²) >= 11 is 0. The van der Waals surface area contributed by atoms with Crippen LogP contribution < -0.4 is 4.74 Å². The molecule has 3 aromatic heterocycles. The highest BCUT2D eigenvalue weighted by atomic mass is 16.5. The predicted octanol–water partition coefficient (Wildman–Crippen LogP) is 2.58. The van der Waals surface area contributed by atoms with Crippen LogP contribution in [0.2, 0.25) is 0 Å². The maximum atomic E-state index is 10.9. The summed E-state index contributed by atoms with van der Waals surface area (Å²) in [5.74, 6) is -0.260. The minimum Gasteiger partial charge on any atom is -0.492 e. The van der Waals surface area contributed by atoms with Crippen molar-refractivity contribution in [2.75, 3.05) is 6.61 Å². The van der Waals surface area contributed by atoms with Crippen molar-refractivity contribution in [1.29, 1.82) is 0 Å². The largest absolute Gasteiger partial charge is 0.492 e. The fraction of sp³-hybridized carbons (Fsp3) is 0.176. The van der Waals surface area contributed by atoms with Crippen LogP contribution in [0.5, 0.6) is 5.75 Å². The Hall–Kier alpha value is -3.22. The number of aromatic carboxylic acids is 1. The lowest BCUT2D eigenvalue weighted by Crippen LogP contribution is -2.03. The van der Waals surface area contributed by atoms with Crippen molar-refractivity contribution < 1.29 is 14.6 Å². The van der Waals surface area contributed by atoms with E-state index in [1.807, 2.05) is 18.2 Å². The second-order valence-corrected chi connectivity index (χ2v) is 5.14. The number of hydrogen-bond donors (Lipinski definition) is 2. The van der Waals surface area contributed by atoms with Gasteiger partial charge in [-0.15, -0.1) is 0 Å². The van der Waals surface area contributed by atoms with Crippen molar-refractivity contribution in [3.63, 3.8) is 0 Å². The lowest BCUT2D eigenvalue weighted by molar-refractivity contribution is 0.0696. The number of aryl methyl sites for hydroxylation is 1. The van der Waals surface area contributed by atoms with Crippen LogP contribution in [-0.4, -0.2) is 37.8 Å². The summed E-state index contributed by atoms with van der Waals surface area (Å²) in [6.45, 7) is 0.504. The monoisotopic (exact) mass is 324 g/mol. The van der Waals surface area contributed by atoms with Gasteiger partial charge in [0.1, 0.15) is 5.75 Å². The Morgan fingerprint density at radius 1 is 1.17 bits per heavy atom. The smallest absolute Gasteiger partial charge is 0.335 e. The van der Waals surface area contributed by atoms with Crippen LogP contribution in [0.1, 0.15) is 22.5 Å². The van der Waals surface area contributed by atoms with E-state index in [1.54, 1.807) is 18.5 Å². The molecule has 3 heterocycles. The van der Waals surface area contributed by atoms with E-state index in [0.717, 1.165) is 23.5 Å². The van der Waals surface area contributed by atoms with E-state index in [0.29, 0.717) is 18.8 Å². The zero-order valence-corrected chi connectivity index (χ0v) is 12.8. The minimum absolute atomic E-state index is 0.250. The molecular formula is C17H16N4O3. The van der Waals surface area contributed by atoms with E-state index < -0.39 is 5.97 Å². The molecule has 0 spiro atoms. The summed E-state index contributed by atoms with van der Waals surface area (Å²) in [5.41, 5.74) is 2.64. The van der Waals surface area contributed by atoms with Crippen LogP contribution in [0.15, 0.2) is 48.9 Å². The van der Waals surface area contributed by atoms with Gasteiger partial charge in [-0.2, -0.15) is 5.10 Å². The summed E-state index contributed by atoms with van der Waals surface area (Å²) in [5, 5.41) is 15.7. The molecule has 0 aromatic carbocycles. The molecule has 0 saturated heterocycles. The van der Waals surface area contributed by atoms with Gasteiger partial charge in [-0.1, -0.05) is 0 Å². The molecule has 0 saturated carbocycles. The summed E-state index contributed by atoms with van der Waals surface area (Å²) in [6.07, 6.45) is 6.24. The van der Waals surface area contributed by atoms with E-state index in [4.69, 9.17) is 9.84 Å². The second kappa shape index (κ2) is 7.36. The molecule has 0 aliphatic heterocycles. The Morgan fingerprint density at radius 3 is 2.79 bits per heavy atom. The Balaban J connectivity index is 1.48. The van der Waals surface area contributed by atoms with E-state index in [2.05, 4.69) is 20.2 Å². The Morgan fingerprint density at radius 2 is 2.08 bits per heavy atom. The van der Waals surface area contributed by atoms with E-state index in [1.165, 1.54) is 12.3 Å². The second-order valence-electron chi connectivity index (χ2n) is 5.14. The van der Waals surface area contributed by atoms with Crippen LogP contribution in [0.25, 0.3) is 11.4 Å². The van der Waals surface area contributed by atoms with Crippen molar-refractivity contribution >= 4 is 5.97 Å². The first-order valence-electron chi connectivity index (χ1n) is 7.49. The first kappa shape index (κ1) is 15.7. The van der Waals surface area contributed by atoms with Crippen molar-refractivity contribution in [3.8, 4) is 17.1 Å². The fourth-order valence-corrected chi connectivity index (χ4v) is 2.21. The third-order valence-corrected chi connectivity index (χ3v) is 3.42. The summed E-state index contributed by atoms with van der Waals surface area (Å²) < 4.78 is 5.65. The highest BCUT2D eigenvalue weighted by Crippen LogP contribution is 2.17. The van der Waals surface area contributed by atoms with E-state index >= 15 is 0 Å². The SMILES string of the molecule is O=C(O)c1ccnc(CCCOc2ccc(-c3ccn[nH]3)nc2)c1. The number of hydrogen-bond acceptors (Lipinski definition) is 5. The molecule has 2 N–H and O–H groups in total. The summed E-state index contributed by atoms with van der Waals surface area (Å²) in [7, 11) is 0. The van der Waals surface area contributed by atoms with Gasteiger partial charge in [-0.3, -0.25) is 15.1 Å². The van der Waals surface area contributed by atoms with Gasteiger partial charge in [-0.05, 0) is 43.2 Å². The fourth-order valence-electron chi connectivity index (χ4n) is 2.21. The molecule has 0 bridgehead atoms. The predicted molar refractivity (Wildman–Crippen MR) is 86.8 cm³/mol. The van der Waals surface area contributed by atoms with Gasteiger partial charge in [0.2, 0.25) is 0 Å². The molecular weight excluding hydrogens is 308 g/mol. The van der Waals surface area contributed by atoms with Crippen LogP contribution in [0.3, 0.4) is 0 Å². The zero-order chi connectivity index (χ0) is 16.8. The maximum Gasteiger partial charge on any atom is 0.335 e.